The molecule has 7 heteroatoms. The molecule has 28 heavy (non-hydrogen) atoms. The third-order valence-electron chi connectivity index (χ3n) is 5.75. The van der Waals surface area contributed by atoms with Crippen LogP contribution < -0.4 is 14.8 Å². The van der Waals surface area contributed by atoms with Crippen molar-refractivity contribution in [3.63, 3.8) is 0 Å². The topological polar surface area (TPSA) is 86.2 Å². The Morgan fingerprint density at radius 1 is 1.21 bits per heavy atom. The van der Waals surface area contributed by atoms with Gasteiger partial charge in [0.05, 0.1) is 19.9 Å². The van der Waals surface area contributed by atoms with E-state index in [4.69, 9.17) is 9.47 Å². The summed E-state index contributed by atoms with van der Waals surface area (Å²) < 4.78 is 11.3. The van der Waals surface area contributed by atoms with Crippen molar-refractivity contribution in [3.8, 4) is 11.6 Å². The lowest BCUT2D eigenvalue weighted by Crippen LogP contribution is -2.38. The standard InChI is InChI=1S/C21H26N4O3/c1-12-8-24-20(26)7-16(12)18-10-22-13(2)25-21(18)28-11-14-6-17(14)19-5-4-15(27-3)9-23-19/h4-5,9-10,12,14,16-17H,6-8,11H2,1-3H3,(H,24,26)/t12?,14-,16?,17+/m1/s1. The number of methoxy groups -OCH3 is 1. The monoisotopic (exact) mass is 382 g/mol. The minimum Gasteiger partial charge on any atom is -0.495 e. The van der Waals surface area contributed by atoms with Gasteiger partial charge in [-0.1, -0.05) is 6.92 Å². The minimum absolute atomic E-state index is 0.0717. The normalized spacial score (nSPS) is 26.5. The summed E-state index contributed by atoms with van der Waals surface area (Å²) in [6.45, 7) is 5.26. The molecule has 0 aromatic carbocycles. The molecule has 1 aliphatic heterocycles. The summed E-state index contributed by atoms with van der Waals surface area (Å²) in [4.78, 5) is 25.3. The van der Waals surface area contributed by atoms with E-state index in [0.717, 1.165) is 23.4 Å². The maximum Gasteiger partial charge on any atom is 0.220 e. The van der Waals surface area contributed by atoms with Crippen molar-refractivity contribution in [2.75, 3.05) is 20.3 Å². The number of nitrogens with one attached hydrogen (secondary N) is 1. The molecule has 3 heterocycles. The predicted molar refractivity (Wildman–Crippen MR) is 103 cm³/mol. The summed E-state index contributed by atoms with van der Waals surface area (Å²) in [6.07, 6.45) is 5.09. The molecule has 1 amide bonds. The van der Waals surface area contributed by atoms with E-state index in [1.54, 1.807) is 13.3 Å². The largest absolute Gasteiger partial charge is 0.495 e. The van der Waals surface area contributed by atoms with Gasteiger partial charge >= 0.3 is 0 Å². The smallest absolute Gasteiger partial charge is 0.220 e. The first kappa shape index (κ1) is 18.7. The Morgan fingerprint density at radius 3 is 2.82 bits per heavy atom. The highest BCUT2D eigenvalue weighted by molar-refractivity contribution is 5.78. The van der Waals surface area contributed by atoms with Gasteiger partial charge in [-0.2, -0.15) is 4.98 Å². The van der Waals surface area contributed by atoms with Gasteiger partial charge in [-0.05, 0) is 31.4 Å². The van der Waals surface area contributed by atoms with Crippen LogP contribution in [0.4, 0.5) is 0 Å². The van der Waals surface area contributed by atoms with E-state index < -0.39 is 0 Å². The molecule has 0 radical (unpaired) electrons. The predicted octanol–water partition coefficient (Wildman–Crippen LogP) is 2.61. The van der Waals surface area contributed by atoms with Gasteiger partial charge < -0.3 is 14.8 Å². The molecule has 1 aliphatic carbocycles. The average Bonchev–Trinajstić information content (AvgIpc) is 3.48. The van der Waals surface area contributed by atoms with Crippen LogP contribution in [0.25, 0.3) is 0 Å². The molecular formula is C21H26N4O3. The van der Waals surface area contributed by atoms with Crippen molar-refractivity contribution >= 4 is 5.91 Å². The van der Waals surface area contributed by atoms with E-state index in [-0.39, 0.29) is 11.8 Å². The molecule has 2 aromatic rings. The zero-order chi connectivity index (χ0) is 19.7. The Morgan fingerprint density at radius 2 is 2.07 bits per heavy atom. The van der Waals surface area contributed by atoms with Crippen LogP contribution in [0.2, 0.25) is 0 Å². The van der Waals surface area contributed by atoms with Crippen LogP contribution in [0.1, 0.15) is 48.7 Å². The lowest BCUT2D eigenvalue weighted by Gasteiger charge is -2.29. The maximum absolute atomic E-state index is 11.9. The van der Waals surface area contributed by atoms with E-state index >= 15 is 0 Å². The number of ether oxygens (including phenoxy) is 2. The Bertz CT molecular complexity index is 855. The fourth-order valence-corrected chi connectivity index (χ4v) is 3.85. The molecule has 2 aliphatic rings. The third-order valence-corrected chi connectivity index (χ3v) is 5.75. The molecule has 4 atom stereocenters. The number of nitrogens with zero attached hydrogens (tertiary/aromatic N) is 3. The van der Waals surface area contributed by atoms with Crippen LogP contribution in [-0.4, -0.2) is 41.1 Å². The van der Waals surface area contributed by atoms with Crippen LogP contribution in [0.15, 0.2) is 24.5 Å². The third kappa shape index (κ3) is 3.93. The van der Waals surface area contributed by atoms with Crippen molar-refractivity contribution in [2.24, 2.45) is 11.8 Å². The molecule has 2 fully saturated rings. The van der Waals surface area contributed by atoms with Gasteiger partial charge in [0.25, 0.3) is 0 Å². The molecular weight excluding hydrogens is 356 g/mol. The van der Waals surface area contributed by atoms with E-state index in [9.17, 15) is 4.79 Å². The molecule has 4 rings (SSSR count). The van der Waals surface area contributed by atoms with Crippen molar-refractivity contribution in [1.82, 2.24) is 20.3 Å². The second-order valence-electron chi connectivity index (χ2n) is 7.81. The first-order valence-corrected chi connectivity index (χ1v) is 9.78. The SMILES string of the molecule is COc1ccc([C@H]2C[C@@H]2COc2nc(C)ncc2C2CC(=O)NCC2C)nc1. The van der Waals surface area contributed by atoms with Gasteiger partial charge in [0.2, 0.25) is 11.8 Å². The van der Waals surface area contributed by atoms with Crippen LogP contribution in [0.5, 0.6) is 11.6 Å². The molecule has 2 aromatic heterocycles. The summed E-state index contributed by atoms with van der Waals surface area (Å²) in [7, 11) is 1.64. The number of carbonyl (C=O) groups excluding carboxylic acids is 1. The molecule has 1 N–H and O–H groups in total. The van der Waals surface area contributed by atoms with Crippen molar-refractivity contribution < 1.29 is 14.3 Å². The number of aromatic nitrogens is 3. The van der Waals surface area contributed by atoms with E-state index in [2.05, 4.69) is 27.2 Å². The quantitative estimate of drug-likeness (QED) is 0.826. The molecule has 148 valence electrons. The zero-order valence-electron chi connectivity index (χ0n) is 16.5. The minimum atomic E-state index is 0.0717. The van der Waals surface area contributed by atoms with Gasteiger partial charge in [0, 0.05) is 48.2 Å². The Balaban J connectivity index is 1.43. The Labute approximate surface area is 164 Å². The van der Waals surface area contributed by atoms with Crippen LogP contribution >= 0.6 is 0 Å². The van der Waals surface area contributed by atoms with Crippen molar-refractivity contribution in [3.05, 3.63) is 41.6 Å². The number of rotatable bonds is 6. The Hall–Kier alpha value is -2.70. The number of carbonyl (C=O) groups is 1. The highest BCUT2D eigenvalue weighted by Crippen LogP contribution is 2.47. The first-order chi connectivity index (χ1) is 13.5. The van der Waals surface area contributed by atoms with Crippen LogP contribution in [0.3, 0.4) is 0 Å². The van der Waals surface area contributed by atoms with E-state index in [1.807, 2.05) is 25.3 Å². The van der Waals surface area contributed by atoms with Gasteiger partial charge in [-0.15, -0.1) is 0 Å². The zero-order valence-corrected chi connectivity index (χ0v) is 16.5. The van der Waals surface area contributed by atoms with Crippen molar-refractivity contribution in [1.29, 1.82) is 0 Å². The lowest BCUT2D eigenvalue weighted by atomic mass is 9.83. The number of piperidine rings is 1. The summed E-state index contributed by atoms with van der Waals surface area (Å²) >= 11 is 0. The molecule has 2 unspecified atom stereocenters. The first-order valence-electron chi connectivity index (χ1n) is 9.78. The molecule has 0 spiro atoms. The highest BCUT2D eigenvalue weighted by Gasteiger charge is 2.40. The van der Waals surface area contributed by atoms with Gasteiger partial charge in [-0.25, -0.2) is 4.98 Å². The lowest BCUT2D eigenvalue weighted by molar-refractivity contribution is -0.123. The highest BCUT2D eigenvalue weighted by atomic mass is 16.5. The summed E-state index contributed by atoms with van der Waals surface area (Å²) in [5, 5.41) is 2.92. The second-order valence-corrected chi connectivity index (χ2v) is 7.81. The number of hydrogen-bond acceptors (Lipinski definition) is 6. The summed E-state index contributed by atoms with van der Waals surface area (Å²) in [5.74, 6) is 3.38. The van der Waals surface area contributed by atoms with Gasteiger partial charge in [0.1, 0.15) is 11.6 Å². The second kappa shape index (κ2) is 7.73. The molecule has 1 saturated heterocycles. The summed E-state index contributed by atoms with van der Waals surface area (Å²) in [6, 6.07) is 3.96. The van der Waals surface area contributed by atoms with Crippen LogP contribution in [-0.2, 0) is 4.79 Å². The maximum atomic E-state index is 11.9. The van der Waals surface area contributed by atoms with E-state index in [1.165, 1.54) is 0 Å². The van der Waals surface area contributed by atoms with E-state index in [0.29, 0.717) is 49.0 Å². The fraction of sp³-hybridized carbons (Fsp3) is 0.524. The van der Waals surface area contributed by atoms with Crippen LogP contribution in [0, 0.1) is 18.8 Å². The number of aryl methyl sites for hydroxylation is 1. The number of pyridine rings is 1. The van der Waals surface area contributed by atoms with Crippen molar-refractivity contribution in [2.45, 2.75) is 38.5 Å². The average molecular weight is 382 g/mol. The number of amides is 1. The Kier molecular flexibility index (Phi) is 5.15. The summed E-state index contributed by atoms with van der Waals surface area (Å²) in [5.41, 5.74) is 2.01. The number of hydrogen-bond donors (Lipinski definition) is 1. The molecule has 7 nitrogen and oxygen atoms in total. The molecule has 0 bridgehead atoms. The van der Waals surface area contributed by atoms with Gasteiger partial charge in [0.15, 0.2) is 0 Å². The molecule has 1 saturated carbocycles. The van der Waals surface area contributed by atoms with Gasteiger partial charge in [-0.3, -0.25) is 9.78 Å². The fourth-order valence-electron chi connectivity index (χ4n) is 3.85.